The highest BCUT2D eigenvalue weighted by atomic mass is 32.1. The summed E-state index contributed by atoms with van der Waals surface area (Å²) in [5.41, 5.74) is 4.45. The molecule has 0 spiro atoms. The minimum absolute atomic E-state index is 1.01. The topological polar surface area (TPSA) is 15.3 Å². The average Bonchev–Trinajstić information content (AvgIpc) is 2.89. The first-order valence-corrected chi connectivity index (χ1v) is 8.24. The Hall–Kier alpha value is -1.16. The van der Waals surface area contributed by atoms with Crippen molar-refractivity contribution in [3.8, 4) is 0 Å². The molecule has 2 nitrogen and oxygen atoms in total. The molecule has 2 heterocycles. The smallest absolute Gasteiger partial charge is 0.0302 e. The summed E-state index contributed by atoms with van der Waals surface area (Å²) in [6, 6.07) is 11.0. The van der Waals surface area contributed by atoms with Crippen LogP contribution in [0.15, 0.2) is 35.7 Å². The van der Waals surface area contributed by atoms with Crippen molar-refractivity contribution >= 4 is 11.3 Å². The summed E-state index contributed by atoms with van der Waals surface area (Å²) < 4.78 is 0. The number of hydrogen-bond acceptors (Lipinski definition) is 3. The molecule has 2 aromatic rings. The highest BCUT2D eigenvalue weighted by Gasteiger charge is 2.14. The number of rotatable bonds is 5. The Kier molecular flexibility index (Phi) is 4.51. The first-order valence-electron chi connectivity index (χ1n) is 7.36. The highest BCUT2D eigenvalue weighted by Crippen LogP contribution is 2.18. The molecule has 106 valence electrons. The fraction of sp³-hybridized carbons (Fsp3) is 0.412. The van der Waals surface area contributed by atoms with E-state index in [1.165, 1.54) is 34.5 Å². The molecule has 0 amide bonds. The van der Waals surface area contributed by atoms with Crippen LogP contribution in [0.4, 0.5) is 0 Å². The molecule has 3 heteroatoms. The molecular weight excluding hydrogens is 264 g/mol. The maximum Gasteiger partial charge on any atom is 0.0302 e. The van der Waals surface area contributed by atoms with Crippen LogP contribution < -0.4 is 5.32 Å². The zero-order chi connectivity index (χ0) is 13.8. The lowest BCUT2D eigenvalue weighted by Crippen LogP contribution is -2.35. The first kappa shape index (κ1) is 13.8. The van der Waals surface area contributed by atoms with Crippen molar-refractivity contribution in [3.05, 3.63) is 57.3 Å². The van der Waals surface area contributed by atoms with Crippen molar-refractivity contribution in [2.75, 3.05) is 19.6 Å². The van der Waals surface area contributed by atoms with Crippen LogP contribution in [0.2, 0.25) is 0 Å². The van der Waals surface area contributed by atoms with Crippen LogP contribution in [0.3, 0.4) is 0 Å². The summed E-state index contributed by atoms with van der Waals surface area (Å²) in [6.07, 6.45) is 1.19. The van der Waals surface area contributed by atoms with E-state index in [2.05, 4.69) is 52.9 Å². The number of benzene rings is 1. The number of aryl methyl sites for hydroxylation is 1. The predicted molar refractivity (Wildman–Crippen MR) is 86.2 cm³/mol. The van der Waals surface area contributed by atoms with E-state index < -0.39 is 0 Å². The Morgan fingerprint density at radius 2 is 2.05 bits per heavy atom. The van der Waals surface area contributed by atoms with Gasteiger partial charge in [0.1, 0.15) is 0 Å². The summed E-state index contributed by atoms with van der Waals surface area (Å²) in [5.74, 6) is 0. The van der Waals surface area contributed by atoms with Crippen LogP contribution in [0.5, 0.6) is 0 Å². The van der Waals surface area contributed by atoms with Gasteiger partial charge >= 0.3 is 0 Å². The van der Waals surface area contributed by atoms with Gasteiger partial charge in [-0.25, -0.2) is 0 Å². The molecule has 1 aromatic carbocycles. The molecule has 0 radical (unpaired) electrons. The molecule has 1 aromatic heterocycles. The Bertz CT molecular complexity index is 562. The number of nitrogens with one attached hydrogen (secondary N) is 1. The van der Waals surface area contributed by atoms with Crippen molar-refractivity contribution in [2.45, 2.75) is 26.4 Å². The van der Waals surface area contributed by atoms with E-state index in [-0.39, 0.29) is 0 Å². The van der Waals surface area contributed by atoms with Crippen LogP contribution in [0.25, 0.3) is 0 Å². The molecule has 1 N–H and O–H groups in total. The van der Waals surface area contributed by atoms with Gasteiger partial charge in [-0.3, -0.25) is 4.90 Å². The number of nitrogens with zero attached hydrogens (tertiary/aromatic N) is 1. The largest absolute Gasteiger partial charge is 0.311 e. The third kappa shape index (κ3) is 3.29. The molecule has 3 rings (SSSR count). The van der Waals surface area contributed by atoms with Crippen LogP contribution in [0.1, 0.15) is 21.6 Å². The minimum Gasteiger partial charge on any atom is -0.311 e. The molecule has 1 aliphatic rings. The van der Waals surface area contributed by atoms with Crippen molar-refractivity contribution in [1.82, 2.24) is 10.2 Å². The van der Waals surface area contributed by atoms with Gasteiger partial charge in [-0.2, -0.15) is 0 Å². The predicted octanol–water partition coefficient (Wildman–Crippen LogP) is 3.20. The lowest BCUT2D eigenvalue weighted by molar-refractivity contribution is 0.254. The van der Waals surface area contributed by atoms with Crippen LogP contribution in [-0.2, 0) is 19.5 Å². The Balaban J connectivity index is 1.43. The number of fused-ring (bicyclic) bond motifs is 1. The van der Waals surface area contributed by atoms with Gasteiger partial charge in [0.2, 0.25) is 0 Å². The summed E-state index contributed by atoms with van der Waals surface area (Å²) in [6.45, 7) is 7.70. The monoisotopic (exact) mass is 286 g/mol. The van der Waals surface area contributed by atoms with Crippen molar-refractivity contribution in [3.63, 3.8) is 0 Å². The number of hydrogen-bond donors (Lipinski definition) is 1. The van der Waals surface area contributed by atoms with Gasteiger partial charge in [0.05, 0.1) is 0 Å². The molecule has 20 heavy (non-hydrogen) atoms. The minimum atomic E-state index is 1.01. The fourth-order valence-corrected chi connectivity index (χ4v) is 3.65. The van der Waals surface area contributed by atoms with E-state index in [9.17, 15) is 0 Å². The van der Waals surface area contributed by atoms with E-state index in [0.717, 1.165) is 26.2 Å². The first-order chi connectivity index (χ1) is 9.83. The molecule has 1 aliphatic heterocycles. The Morgan fingerprint density at radius 1 is 1.20 bits per heavy atom. The van der Waals surface area contributed by atoms with Gasteiger partial charge in [-0.1, -0.05) is 24.3 Å². The second kappa shape index (κ2) is 6.53. The van der Waals surface area contributed by atoms with Crippen molar-refractivity contribution < 1.29 is 0 Å². The maximum atomic E-state index is 3.57. The van der Waals surface area contributed by atoms with Crippen LogP contribution >= 0.6 is 11.3 Å². The lowest BCUT2D eigenvalue weighted by Gasteiger charge is -2.28. The van der Waals surface area contributed by atoms with E-state index in [4.69, 9.17) is 0 Å². The molecule has 0 saturated carbocycles. The van der Waals surface area contributed by atoms with Gasteiger partial charge in [0, 0.05) is 37.6 Å². The summed E-state index contributed by atoms with van der Waals surface area (Å²) in [4.78, 5) is 4.02. The molecule has 0 bridgehead atoms. The van der Waals surface area contributed by atoms with Crippen molar-refractivity contribution in [2.24, 2.45) is 0 Å². The molecule has 0 fully saturated rings. The highest BCUT2D eigenvalue weighted by molar-refractivity contribution is 7.10. The van der Waals surface area contributed by atoms with Gasteiger partial charge in [-0.15, -0.1) is 11.3 Å². The summed E-state index contributed by atoms with van der Waals surface area (Å²) in [5, 5.41) is 5.74. The Morgan fingerprint density at radius 3 is 2.85 bits per heavy atom. The normalized spacial score (nSPS) is 15.2. The van der Waals surface area contributed by atoms with Gasteiger partial charge in [0.15, 0.2) is 0 Å². The van der Waals surface area contributed by atoms with Crippen LogP contribution in [-0.4, -0.2) is 24.5 Å². The maximum absolute atomic E-state index is 3.57. The fourth-order valence-electron chi connectivity index (χ4n) is 2.77. The average molecular weight is 286 g/mol. The van der Waals surface area contributed by atoms with E-state index in [0.29, 0.717) is 0 Å². The van der Waals surface area contributed by atoms with Gasteiger partial charge < -0.3 is 5.32 Å². The summed E-state index contributed by atoms with van der Waals surface area (Å²) in [7, 11) is 0. The molecule has 0 atom stereocenters. The second-order valence-electron chi connectivity index (χ2n) is 5.50. The van der Waals surface area contributed by atoms with Gasteiger partial charge in [0.25, 0.3) is 0 Å². The number of thiophene rings is 1. The van der Waals surface area contributed by atoms with E-state index in [1.54, 1.807) is 0 Å². The standard InChI is InChI=1S/C17H22N2S/c1-14-7-11-20-17(14)12-18-8-10-19-9-6-15-4-2-3-5-16(15)13-19/h2-5,7,11,18H,6,8-10,12-13H2,1H3. The third-order valence-corrected chi connectivity index (χ3v) is 5.09. The molecular formula is C17H22N2S. The Labute approximate surface area is 125 Å². The lowest BCUT2D eigenvalue weighted by atomic mass is 10.00. The van der Waals surface area contributed by atoms with Gasteiger partial charge in [-0.05, 0) is 41.5 Å². The van der Waals surface area contributed by atoms with Crippen LogP contribution in [0, 0.1) is 6.92 Å². The summed E-state index contributed by atoms with van der Waals surface area (Å²) >= 11 is 1.85. The quantitative estimate of drug-likeness (QED) is 0.849. The zero-order valence-electron chi connectivity index (χ0n) is 12.1. The van der Waals surface area contributed by atoms with E-state index >= 15 is 0 Å². The SMILES string of the molecule is Cc1ccsc1CNCCN1CCc2ccccc2C1. The molecule has 0 aliphatic carbocycles. The van der Waals surface area contributed by atoms with Crippen molar-refractivity contribution in [1.29, 1.82) is 0 Å². The molecule has 0 saturated heterocycles. The third-order valence-electron chi connectivity index (χ3n) is 4.07. The van der Waals surface area contributed by atoms with E-state index in [1.807, 2.05) is 11.3 Å². The second-order valence-corrected chi connectivity index (χ2v) is 6.50. The molecule has 0 unspecified atom stereocenters. The zero-order valence-corrected chi connectivity index (χ0v) is 12.9.